The van der Waals surface area contributed by atoms with Gasteiger partial charge in [-0.05, 0) is 18.1 Å². The zero-order valence-corrected chi connectivity index (χ0v) is 17.5. The predicted molar refractivity (Wildman–Crippen MR) is 117 cm³/mol. The minimum Gasteiger partial charge on any atom is -0.441 e. The molecule has 0 fully saturated rings. The highest BCUT2D eigenvalue weighted by Crippen LogP contribution is 2.25. The second-order valence-corrected chi connectivity index (χ2v) is 7.79. The molecule has 30 heavy (non-hydrogen) atoms. The number of carbonyl (C=O) groups excluding carboxylic acids is 1. The third-order valence-corrected chi connectivity index (χ3v) is 5.26. The molecule has 2 heterocycles. The van der Waals surface area contributed by atoms with Gasteiger partial charge < -0.3 is 14.3 Å². The van der Waals surface area contributed by atoms with Gasteiger partial charge in [0.1, 0.15) is 5.82 Å². The van der Waals surface area contributed by atoms with Crippen molar-refractivity contribution in [3.63, 3.8) is 0 Å². The van der Waals surface area contributed by atoms with Gasteiger partial charge in [-0.3, -0.25) is 4.79 Å². The highest BCUT2D eigenvalue weighted by atomic mass is 16.4. The van der Waals surface area contributed by atoms with Crippen LogP contribution in [0.3, 0.4) is 0 Å². The molecule has 1 N–H and O–H groups in total. The summed E-state index contributed by atoms with van der Waals surface area (Å²) in [6, 6.07) is 17.7. The van der Waals surface area contributed by atoms with E-state index in [0.29, 0.717) is 24.5 Å². The van der Waals surface area contributed by atoms with E-state index in [9.17, 15) is 4.79 Å². The maximum Gasteiger partial charge on any atom is 0.221 e. The average Bonchev–Trinajstić information content (AvgIpc) is 3.36. The quantitative estimate of drug-likeness (QED) is 0.487. The molecular weight excluding hydrogens is 376 g/mol. The zero-order chi connectivity index (χ0) is 21.1. The van der Waals surface area contributed by atoms with Crippen LogP contribution in [0.4, 0.5) is 0 Å². The van der Waals surface area contributed by atoms with Gasteiger partial charge in [-0.25, -0.2) is 9.97 Å². The summed E-state index contributed by atoms with van der Waals surface area (Å²) in [6.07, 6.45) is 2.47. The molecule has 1 amide bonds. The molecule has 0 aliphatic carbocycles. The Morgan fingerprint density at radius 1 is 1.10 bits per heavy atom. The van der Waals surface area contributed by atoms with Crippen molar-refractivity contribution >= 4 is 16.9 Å². The van der Waals surface area contributed by atoms with Crippen LogP contribution in [-0.4, -0.2) is 20.4 Å². The fraction of sp³-hybridized carbons (Fsp3) is 0.292. The summed E-state index contributed by atoms with van der Waals surface area (Å²) in [7, 11) is 1.99. The van der Waals surface area contributed by atoms with E-state index in [1.165, 1.54) is 0 Å². The number of oxazole rings is 1. The maximum atomic E-state index is 12.7. The lowest BCUT2D eigenvalue weighted by Gasteiger charge is -2.22. The molecule has 0 saturated heterocycles. The van der Waals surface area contributed by atoms with Crippen LogP contribution in [0.15, 0.2) is 65.2 Å². The molecule has 4 aromatic rings. The van der Waals surface area contributed by atoms with Crippen molar-refractivity contribution in [1.29, 1.82) is 0 Å². The molecule has 0 aliphatic rings. The number of nitrogens with zero attached hydrogens (tertiary/aromatic N) is 3. The molecule has 154 valence electrons. The van der Waals surface area contributed by atoms with Crippen molar-refractivity contribution in [3.05, 3.63) is 72.5 Å². The number of rotatable bonds is 7. The summed E-state index contributed by atoms with van der Waals surface area (Å²) in [5.74, 6) is 2.30. The second-order valence-electron chi connectivity index (χ2n) is 7.79. The van der Waals surface area contributed by atoms with E-state index in [-0.39, 0.29) is 17.9 Å². The summed E-state index contributed by atoms with van der Waals surface area (Å²) in [5, 5.41) is 3.15. The topological polar surface area (TPSA) is 73.0 Å². The van der Waals surface area contributed by atoms with Crippen LogP contribution in [-0.2, 0) is 18.3 Å². The standard InChI is InChI=1S/C24H26N4O2/c1-16(2)23(24-26-18-11-7-8-12-19(18)28(24)3)27-21(29)13-14-22-25-15-20(30-22)17-9-5-4-6-10-17/h4-12,15-16,23H,13-14H2,1-3H3,(H,27,29)/t23-/m1/s1. The minimum absolute atomic E-state index is 0.0415. The number of aryl methyl sites for hydroxylation is 2. The van der Waals surface area contributed by atoms with Crippen molar-refractivity contribution in [3.8, 4) is 11.3 Å². The third-order valence-electron chi connectivity index (χ3n) is 5.26. The molecule has 2 aromatic carbocycles. The van der Waals surface area contributed by atoms with Gasteiger partial charge in [0, 0.05) is 25.5 Å². The van der Waals surface area contributed by atoms with Crippen molar-refractivity contribution in [2.45, 2.75) is 32.7 Å². The van der Waals surface area contributed by atoms with Crippen LogP contribution in [0.2, 0.25) is 0 Å². The lowest BCUT2D eigenvalue weighted by atomic mass is 10.0. The number of benzene rings is 2. The molecule has 0 spiro atoms. The minimum atomic E-state index is -0.167. The van der Waals surface area contributed by atoms with E-state index < -0.39 is 0 Å². The molecule has 6 heteroatoms. The molecule has 2 aromatic heterocycles. The van der Waals surface area contributed by atoms with E-state index in [0.717, 1.165) is 22.4 Å². The van der Waals surface area contributed by atoms with Crippen LogP contribution in [0.5, 0.6) is 0 Å². The predicted octanol–water partition coefficient (Wildman–Crippen LogP) is 4.67. The van der Waals surface area contributed by atoms with Gasteiger partial charge in [-0.2, -0.15) is 0 Å². The Balaban J connectivity index is 1.43. The summed E-state index contributed by atoms with van der Waals surface area (Å²) in [6.45, 7) is 4.18. The van der Waals surface area contributed by atoms with Gasteiger partial charge in [0.2, 0.25) is 5.91 Å². The molecule has 0 unspecified atom stereocenters. The van der Waals surface area contributed by atoms with Gasteiger partial charge >= 0.3 is 0 Å². The van der Waals surface area contributed by atoms with Crippen molar-refractivity contribution in [2.24, 2.45) is 13.0 Å². The fourth-order valence-corrected chi connectivity index (χ4v) is 3.60. The van der Waals surface area contributed by atoms with E-state index in [1.54, 1.807) is 6.20 Å². The Labute approximate surface area is 176 Å². The van der Waals surface area contributed by atoms with E-state index in [1.807, 2.05) is 61.6 Å². The monoisotopic (exact) mass is 402 g/mol. The van der Waals surface area contributed by atoms with E-state index in [2.05, 4.69) is 28.7 Å². The molecule has 0 bridgehead atoms. The van der Waals surface area contributed by atoms with E-state index in [4.69, 9.17) is 9.40 Å². The van der Waals surface area contributed by atoms with Gasteiger partial charge in [0.25, 0.3) is 0 Å². The number of para-hydroxylation sites is 2. The Bertz CT molecular complexity index is 1140. The highest BCUT2D eigenvalue weighted by Gasteiger charge is 2.24. The number of hydrogen-bond acceptors (Lipinski definition) is 4. The first kappa shape index (κ1) is 19.9. The molecule has 0 radical (unpaired) electrons. The van der Waals surface area contributed by atoms with Crippen LogP contribution in [0, 0.1) is 5.92 Å². The molecule has 0 saturated carbocycles. The highest BCUT2D eigenvalue weighted by molar-refractivity contribution is 5.78. The average molecular weight is 402 g/mol. The lowest BCUT2D eigenvalue weighted by Crippen LogP contribution is -2.33. The van der Waals surface area contributed by atoms with Crippen LogP contribution in [0.1, 0.15) is 38.0 Å². The van der Waals surface area contributed by atoms with Crippen molar-refractivity contribution in [2.75, 3.05) is 0 Å². The zero-order valence-electron chi connectivity index (χ0n) is 17.5. The molecular formula is C24H26N4O2. The fourth-order valence-electron chi connectivity index (χ4n) is 3.60. The van der Waals surface area contributed by atoms with Gasteiger partial charge in [0.05, 0.1) is 23.3 Å². The summed E-state index contributed by atoms with van der Waals surface area (Å²) in [5.41, 5.74) is 2.96. The van der Waals surface area contributed by atoms with Gasteiger partial charge in [-0.1, -0.05) is 56.3 Å². The van der Waals surface area contributed by atoms with E-state index >= 15 is 0 Å². The first-order valence-electron chi connectivity index (χ1n) is 10.2. The van der Waals surface area contributed by atoms with Gasteiger partial charge in [0.15, 0.2) is 11.7 Å². The van der Waals surface area contributed by atoms with Crippen molar-refractivity contribution in [1.82, 2.24) is 19.9 Å². The molecule has 0 aliphatic heterocycles. The number of imidazole rings is 1. The molecule has 1 atom stereocenters. The van der Waals surface area contributed by atoms with Crippen molar-refractivity contribution < 1.29 is 9.21 Å². The van der Waals surface area contributed by atoms with Crippen LogP contribution in [0.25, 0.3) is 22.4 Å². The van der Waals surface area contributed by atoms with Gasteiger partial charge in [-0.15, -0.1) is 0 Å². The maximum absolute atomic E-state index is 12.7. The molecule has 6 nitrogen and oxygen atoms in total. The van der Waals surface area contributed by atoms with Crippen LogP contribution < -0.4 is 5.32 Å². The third kappa shape index (κ3) is 4.13. The first-order chi connectivity index (χ1) is 14.5. The van der Waals surface area contributed by atoms with Crippen LogP contribution >= 0.6 is 0 Å². The lowest BCUT2D eigenvalue weighted by molar-refractivity contribution is -0.122. The number of amides is 1. The first-order valence-corrected chi connectivity index (χ1v) is 10.2. The Hall–Kier alpha value is -3.41. The SMILES string of the molecule is CC(C)[C@@H](NC(=O)CCc1ncc(-c2ccccc2)o1)c1nc2ccccc2n1C. The number of fused-ring (bicyclic) bond motifs is 1. The number of carbonyl (C=O) groups is 1. The summed E-state index contributed by atoms with van der Waals surface area (Å²) in [4.78, 5) is 21.8. The summed E-state index contributed by atoms with van der Waals surface area (Å²) < 4.78 is 7.86. The normalized spacial score (nSPS) is 12.4. The number of aromatic nitrogens is 3. The smallest absolute Gasteiger partial charge is 0.221 e. The largest absolute Gasteiger partial charge is 0.441 e. The number of nitrogens with one attached hydrogen (secondary N) is 1. The Morgan fingerprint density at radius 2 is 1.83 bits per heavy atom. The number of hydrogen-bond donors (Lipinski definition) is 1. The summed E-state index contributed by atoms with van der Waals surface area (Å²) >= 11 is 0. The Kier molecular flexibility index (Phi) is 5.65. The second kappa shape index (κ2) is 8.53. The Morgan fingerprint density at radius 3 is 2.57 bits per heavy atom. The molecule has 4 rings (SSSR count).